The van der Waals surface area contributed by atoms with Gasteiger partial charge < -0.3 is 14.2 Å². The normalized spacial score (nSPS) is 19.0. The highest BCUT2D eigenvalue weighted by atomic mass is 32.2. The zero-order valence-electron chi connectivity index (χ0n) is 16.4. The minimum absolute atomic E-state index is 0.130. The Morgan fingerprint density at radius 1 is 1.14 bits per heavy atom. The molecule has 2 aromatic rings. The minimum Gasteiger partial charge on any atom is -0.481 e. The molecule has 0 radical (unpaired) electrons. The van der Waals surface area contributed by atoms with Crippen molar-refractivity contribution in [3.63, 3.8) is 0 Å². The van der Waals surface area contributed by atoms with Crippen molar-refractivity contribution in [1.82, 2.24) is 23.8 Å². The summed E-state index contributed by atoms with van der Waals surface area (Å²) >= 11 is 0. The predicted octanol–water partition coefficient (Wildman–Crippen LogP) is 1.35. The summed E-state index contributed by atoms with van der Waals surface area (Å²) in [7, 11) is -0.159. The minimum atomic E-state index is -3.56. The molecule has 2 fully saturated rings. The lowest BCUT2D eigenvalue weighted by molar-refractivity contribution is 0.307. The van der Waals surface area contributed by atoms with Crippen molar-refractivity contribution >= 4 is 15.8 Å². The van der Waals surface area contributed by atoms with Crippen molar-refractivity contribution < 1.29 is 13.2 Å². The standard InChI is InChI=1S/C18H26N6O3S/c1-13-21-18(11-22(13)2)28(25,26)23-8-6-15(7-9-23)24(14-4-5-14)16-10-17(27-3)20-12-19-16/h10-12,14-15H,4-9H2,1-3H3. The fraction of sp³-hybridized carbons (Fsp3) is 0.611. The molecule has 1 aliphatic carbocycles. The number of sulfonamides is 1. The van der Waals surface area contributed by atoms with Crippen LogP contribution in [0.5, 0.6) is 5.88 Å². The Morgan fingerprint density at radius 3 is 2.39 bits per heavy atom. The van der Waals surface area contributed by atoms with Crippen LogP contribution in [-0.4, -0.2) is 64.5 Å². The molecule has 4 rings (SSSR count). The van der Waals surface area contributed by atoms with Crippen molar-refractivity contribution in [1.29, 1.82) is 0 Å². The summed E-state index contributed by atoms with van der Waals surface area (Å²) in [6, 6.07) is 2.58. The van der Waals surface area contributed by atoms with Crippen LogP contribution in [0.1, 0.15) is 31.5 Å². The van der Waals surface area contributed by atoms with Gasteiger partial charge in [0, 0.05) is 44.5 Å². The smallest absolute Gasteiger partial charge is 0.262 e. The SMILES string of the molecule is COc1cc(N(C2CC2)C2CCN(S(=O)(=O)c3cn(C)c(C)n3)CC2)ncn1. The molecule has 1 saturated carbocycles. The first kappa shape index (κ1) is 19.1. The summed E-state index contributed by atoms with van der Waals surface area (Å²) in [6.45, 7) is 2.76. The molecule has 3 heterocycles. The van der Waals surface area contributed by atoms with E-state index < -0.39 is 10.0 Å². The zero-order valence-corrected chi connectivity index (χ0v) is 17.3. The Morgan fingerprint density at radius 2 is 1.82 bits per heavy atom. The van der Waals surface area contributed by atoms with Gasteiger partial charge >= 0.3 is 0 Å². The van der Waals surface area contributed by atoms with Crippen molar-refractivity contribution in [2.45, 2.75) is 49.7 Å². The second-order valence-corrected chi connectivity index (χ2v) is 9.31. The van der Waals surface area contributed by atoms with Gasteiger partial charge in [-0.1, -0.05) is 0 Å². The van der Waals surface area contributed by atoms with Crippen molar-refractivity contribution in [2.75, 3.05) is 25.1 Å². The summed E-state index contributed by atoms with van der Waals surface area (Å²) in [5.41, 5.74) is 0. The molecule has 1 aliphatic heterocycles. The summed E-state index contributed by atoms with van der Waals surface area (Å²) in [6.07, 6.45) is 6.89. The molecule has 1 saturated heterocycles. The maximum Gasteiger partial charge on any atom is 0.262 e. The van der Waals surface area contributed by atoms with Crippen LogP contribution in [0.4, 0.5) is 5.82 Å². The average Bonchev–Trinajstić information content (AvgIpc) is 3.47. The van der Waals surface area contributed by atoms with E-state index in [1.54, 1.807) is 36.2 Å². The first-order valence-corrected chi connectivity index (χ1v) is 11.0. The number of methoxy groups -OCH3 is 1. The van der Waals surface area contributed by atoms with Gasteiger partial charge in [0.15, 0.2) is 5.03 Å². The first-order chi connectivity index (χ1) is 13.4. The highest BCUT2D eigenvalue weighted by Gasteiger charge is 2.39. The molecule has 0 spiro atoms. The first-order valence-electron chi connectivity index (χ1n) is 9.54. The molecular formula is C18H26N6O3S. The van der Waals surface area contributed by atoms with E-state index in [-0.39, 0.29) is 11.1 Å². The monoisotopic (exact) mass is 406 g/mol. The summed E-state index contributed by atoms with van der Waals surface area (Å²) in [4.78, 5) is 15.1. The number of aryl methyl sites for hydroxylation is 2. The number of rotatable bonds is 6. The van der Waals surface area contributed by atoms with E-state index in [9.17, 15) is 8.42 Å². The van der Waals surface area contributed by atoms with E-state index in [1.165, 1.54) is 6.33 Å². The Labute approximate surface area is 165 Å². The number of hydrogen-bond donors (Lipinski definition) is 0. The van der Waals surface area contributed by atoms with E-state index in [0.29, 0.717) is 30.8 Å². The molecular weight excluding hydrogens is 380 g/mol. The van der Waals surface area contributed by atoms with Gasteiger partial charge in [-0.05, 0) is 32.6 Å². The Kier molecular flexibility index (Phi) is 5.00. The van der Waals surface area contributed by atoms with E-state index in [4.69, 9.17) is 4.74 Å². The van der Waals surface area contributed by atoms with Crippen LogP contribution in [0.25, 0.3) is 0 Å². The van der Waals surface area contributed by atoms with Crippen LogP contribution >= 0.6 is 0 Å². The van der Waals surface area contributed by atoms with Gasteiger partial charge in [0.1, 0.15) is 18.0 Å². The lowest BCUT2D eigenvalue weighted by Crippen LogP contribution is -2.48. The lowest BCUT2D eigenvalue weighted by Gasteiger charge is -2.38. The largest absolute Gasteiger partial charge is 0.481 e. The van der Waals surface area contributed by atoms with Gasteiger partial charge in [0.05, 0.1) is 7.11 Å². The second-order valence-electron chi connectivity index (χ2n) is 7.43. The number of ether oxygens (including phenoxy) is 1. The molecule has 0 aromatic carbocycles. The Balaban J connectivity index is 1.49. The third-order valence-corrected chi connectivity index (χ3v) is 7.32. The number of aromatic nitrogens is 4. The third kappa shape index (κ3) is 3.58. The average molecular weight is 407 g/mol. The number of imidazole rings is 1. The summed E-state index contributed by atoms with van der Waals surface area (Å²) in [5, 5.41) is 0.130. The molecule has 9 nitrogen and oxygen atoms in total. The Hall–Kier alpha value is -2.20. The van der Waals surface area contributed by atoms with E-state index >= 15 is 0 Å². The van der Waals surface area contributed by atoms with Crippen LogP contribution in [0.2, 0.25) is 0 Å². The van der Waals surface area contributed by atoms with Gasteiger partial charge in [-0.3, -0.25) is 0 Å². The van der Waals surface area contributed by atoms with Crippen LogP contribution in [0.3, 0.4) is 0 Å². The molecule has 2 aliphatic rings. The van der Waals surface area contributed by atoms with Gasteiger partial charge in [0.2, 0.25) is 5.88 Å². The van der Waals surface area contributed by atoms with E-state index in [0.717, 1.165) is 31.5 Å². The third-order valence-electron chi connectivity index (χ3n) is 5.55. The quantitative estimate of drug-likeness (QED) is 0.715. The summed E-state index contributed by atoms with van der Waals surface area (Å²) in [5.74, 6) is 2.09. The van der Waals surface area contributed by atoms with Crippen LogP contribution < -0.4 is 9.64 Å². The molecule has 0 bridgehead atoms. The molecule has 28 heavy (non-hydrogen) atoms. The zero-order chi connectivity index (χ0) is 19.9. The maximum atomic E-state index is 12.9. The Bertz CT molecular complexity index is 928. The van der Waals surface area contributed by atoms with E-state index in [1.807, 2.05) is 6.07 Å². The number of piperidine rings is 1. The molecule has 10 heteroatoms. The van der Waals surface area contributed by atoms with Crippen LogP contribution in [-0.2, 0) is 17.1 Å². The van der Waals surface area contributed by atoms with Gasteiger partial charge in [-0.2, -0.15) is 4.31 Å². The highest BCUT2D eigenvalue weighted by molar-refractivity contribution is 7.89. The van der Waals surface area contributed by atoms with Crippen molar-refractivity contribution in [3.05, 3.63) is 24.4 Å². The number of anilines is 1. The topological polar surface area (TPSA) is 93.5 Å². The summed E-state index contributed by atoms with van der Waals surface area (Å²) < 4.78 is 34.4. The van der Waals surface area contributed by atoms with Crippen LogP contribution in [0.15, 0.2) is 23.6 Å². The van der Waals surface area contributed by atoms with Gasteiger partial charge in [-0.25, -0.2) is 23.4 Å². The maximum absolute atomic E-state index is 12.9. The molecule has 0 amide bonds. The molecule has 0 N–H and O–H groups in total. The lowest BCUT2D eigenvalue weighted by atomic mass is 10.0. The van der Waals surface area contributed by atoms with Gasteiger partial charge in [0.25, 0.3) is 10.0 Å². The van der Waals surface area contributed by atoms with Crippen molar-refractivity contribution in [3.8, 4) is 5.88 Å². The van der Waals surface area contributed by atoms with Crippen molar-refractivity contribution in [2.24, 2.45) is 7.05 Å². The predicted molar refractivity (Wildman–Crippen MR) is 104 cm³/mol. The molecule has 152 valence electrons. The molecule has 0 atom stereocenters. The fourth-order valence-electron chi connectivity index (χ4n) is 3.75. The molecule has 2 aromatic heterocycles. The van der Waals surface area contributed by atoms with Crippen LogP contribution in [0, 0.1) is 6.92 Å². The number of nitrogens with zero attached hydrogens (tertiary/aromatic N) is 6. The van der Waals surface area contributed by atoms with E-state index in [2.05, 4.69) is 19.9 Å². The van der Waals surface area contributed by atoms with Gasteiger partial charge in [-0.15, -0.1) is 0 Å². The number of hydrogen-bond acceptors (Lipinski definition) is 7. The molecule has 0 unspecified atom stereocenters. The second kappa shape index (κ2) is 7.32. The highest BCUT2D eigenvalue weighted by Crippen LogP contribution is 2.36. The fourth-order valence-corrected chi connectivity index (χ4v) is 5.25.